The highest BCUT2D eigenvalue weighted by atomic mass is 35.5. The number of aliphatic hydroxyl groups is 1. The number of allylic oxidation sites excluding steroid dienone is 3. The van der Waals surface area contributed by atoms with Gasteiger partial charge < -0.3 is 87.0 Å². The van der Waals surface area contributed by atoms with Crippen LogP contribution in [0.3, 0.4) is 0 Å². The molecule has 2 fully saturated rings. The molecule has 2 aromatic carbocycles. The van der Waals surface area contributed by atoms with Crippen molar-refractivity contribution in [3.8, 4) is 5.75 Å². The molecular weight excluding hydrogens is 1350 g/mol. The van der Waals surface area contributed by atoms with Crippen molar-refractivity contribution in [2.75, 3.05) is 141 Å². The summed E-state index contributed by atoms with van der Waals surface area (Å²) in [4.78, 5) is 149. The summed E-state index contributed by atoms with van der Waals surface area (Å²) in [5.74, 6) is -10.3. The molecule has 0 radical (unpaired) electrons. The average molecular weight is 1450 g/mol. The molecule has 31 nitrogen and oxygen atoms in total. The first-order valence-electron chi connectivity index (χ1n) is 33.6. The van der Waals surface area contributed by atoms with E-state index in [9.17, 15) is 43.5 Å². The van der Waals surface area contributed by atoms with Gasteiger partial charge in [-0.15, -0.1) is 0 Å². The van der Waals surface area contributed by atoms with E-state index in [-0.39, 0.29) is 81.7 Å². The third-order valence-corrected chi connectivity index (χ3v) is 19.4. The van der Waals surface area contributed by atoms with Crippen molar-refractivity contribution in [1.82, 2.24) is 50.1 Å². The van der Waals surface area contributed by atoms with Gasteiger partial charge in [0.1, 0.15) is 47.6 Å². The number of methoxy groups -OCH3 is 5. The number of nitrogens with zero attached hydrogens (tertiary/aromatic N) is 8. The number of anilines is 1. The Hall–Kier alpha value is -8.27. The van der Waals surface area contributed by atoms with Crippen molar-refractivity contribution in [1.29, 1.82) is 0 Å². The number of ether oxygens (including phenoxy) is 9. The Morgan fingerprint density at radius 1 is 0.814 bits per heavy atom. The number of para-hydroxylation sites is 1. The van der Waals surface area contributed by atoms with E-state index in [0.29, 0.717) is 18.7 Å². The number of hydrogen-bond acceptors (Lipinski definition) is 22. The van der Waals surface area contributed by atoms with Crippen LogP contribution in [0.4, 0.5) is 10.5 Å². The number of rotatable bonds is 32. The number of nitrogens with one attached hydrogen (secondary N) is 3. The second kappa shape index (κ2) is 37.2. The molecule has 102 heavy (non-hydrogen) atoms. The lowest BCUT2D eigenvalue weighted by atomic mass is 9.82. The topological polar surface area (TPSA) is 341 Å². The smallest absolute Gasteiger partial charge is 0.409 e. The van der Waals surface area contributed by atoms with Gasteiger partial charge in [-0.05, 0) is 76.4 Å². The molecule has 2 unspecified atom stereocenters. The standard InChI is InChI=1S/C70H102ClN11O20/c1-44-20-19-23-56(98-16)69(93)38-55(99-67(92)74-69)45(2)64-68(6,100-64)70(101-65(90)46(3)76(9)48(5)83,39-59(86)78(11)53-35-49(34-44)36-54(97-15)63(53)71)102-66(91)47(4)77(10)58(85)25-26-79(28-31-94-12)61(88)42-81(30-33-96-14)62(89)43-80(29-32-95-13)60(87)40-73-57(84)24-27-82-51(41-75(8)72-7)37-50-21-17-18-22-52(50)82/h17-23,35-37,45-47,55-56,64,72,93H,24-34,38-43H2,1-16H3,(H,73,84)(H,74,92)/b23-19+,44-20+/t45-,46+,47?,55+,56?,64+,68-,69+,70-/m1/s1. The van der Waals surface area contributed by atoms with Gasteiger partial charge in [-0.2, -0.15) is 0 Å². The summed E-state index contributed by atoms with van der Waals surface area (Å²) in [6.45, 7) is 7.71. The first-order valence-corrected chi connectivity index (χ1v) is 34.0. The zero-order chi connectivity index (χ0) is 75.6. The van der Waals surface area contributed by atoms with E-state index in [1.165, 1.54) is 99.1 Å². The molecule has 8 amide bonds. The molecule has 3 aliphatic heterocycles. The van der Waals surface area contributed by atoms with Crippen molar-refractivity contribution in [2.24, 2.45) is 5.92 Å². The number of carbonyl (C=O) groups excluding carboxylic acids is 10. The van der Waals surface area contributed by atoms with Crippen LogP contribution in [0.15, 0.2) is 66.3 Å². The lowest BCUT2D eigenvalue weighted by molar-refractivity contribution is -0.255. The summed E-state index contributed by atoms with van der Waals surface area (Å²) in [5.41, 5.74) is 2.46. The Bertz CT molecular complexity index is 3560. The lowest BCUT2D eigenvalue weighted by Crippen LogP contribution is -2.64. The SMILES string of the molecule is CNN(C)Cc1cc2ccccc2n1CCC(=O)NCC(=O)N(CCOC)CC(=O)N(CCOC)CC(=O)N(CCOC)CCC(=O)N(C)C(C)C(=O)O[C@]1(OC(=O)[C@H](C)N(C)C(C)=O)CC(=O)N(C)c2cc(cc(OC)c2Cl)C/C(C)=C/C=C/C(OC)[C@@]2(O)C[C@H](OC(=O)N2)[C@@H](C)[C@@H]2O[C@]21C. The Balaban J connectivity index is 1.25. The first kappa shape index (κ1) is 82.7. The Kier molecular flexibility index (Phi) is 30.2. The van der Waals surface area contributed by atoms with Crippen LogP contribution in [-0.2, 0) is 101 Å². The maximum Gasteiger partial charge on any atom is 0.409 e. The number of hydrazine groups is 1. The van der Waals surface area contributed by atoms with Gasteiger partial charge in [0, 0.05) is 133 Å². The maximum absolute atomic E-state index is 15.3. The number of alkyl carbamates (subject to hydrolysis) is 1. The zero-order valence-electron chi connectivity index (χ0n) is 61.4. The second-order valence-corrected chi connectivity index (χ2v) is 26.3. The molecule has 564 valence electrons. The van der Waals surface area contributed by atoms with E-state index in [4.69, 9.17) is 54.2 Å². The van der Waals surface area contributed by atoms with E-state index >= 15 is 9.59 Å². The minimum absolute atomic E-state index is 0.00343. The van der Waals surface area contributed by atoms with Crippen LogP contribution >= 0.6 is 11.6 Å². The monoisotopic (exact) mass is 1450 g/mol. The van der Waals surface area contributed by atoms with E-state index in [0.717, 1.165) is 36.9 Å². The van der Waals surface area contributed by atoms with E-state index in [1.807, 2.05) is 50.3 Å². The number of likely N-dealkylation sites (N-methyl/N-ethyl adjacent to an activating group) is 2. The molecule has 32 heteroatoms. The number of epoxide rings is 1. The molecule has 0 aliphatic carbocycles. The fourth-order valence-electron chi connectivity index (χ4n) is 12.1. The van der Waals surface area contributed by atoms with Gasteiger partial charge in [0.2, 0.25) is 41.4 Å². The summed E-state index contributed by atoms with van der Waals surface area (Å²) < 4.78 is 54.5. The number of amides is 8. The summed E-state index contributed by atoms with van der Waals surface area (Å²) in [6.07, 6.45) is -0.936. The van der Waals surface area contributed by atoms with Crippen LogP contribution in [0.1, 0.15) is 78.5 Å². The van der Waals surface area contributed by atoms with E-state index in [2.05, 4.69) is 26.7 Å². The van der Waals surface area contributed by atoms with Crippen LogP contribution in [-0.4, -0.2) is 282 Å². The number of aromatic nitrogens is 1. The molecule has 9 atom stereocenters. The molecule has 4 N–H and O–H groups in total. The minimum atomic E-state index is -2.80. The van der Waals surface area contributed by atoms with Gasteiger partial charge in [-0.25, -0.2) is 19.4 Å². The van der Waals surface area contributed by atoms with Crippen LogP contribution < -0.4 is 25.7 Å². The first-order chi connectivity index (χ1) is 48.3. The fourth-order valence-corrected chi connectivity index (χ4v) is 12.4. The predicted molar refractivity (Wildman–Crippen MR) is 374 cm³/mol. The summed E-state index contributed by atoms with van der Waals surface area (Å²) in [5, 5.41) is 20.3. The molecule has 3 aromatic rings. The highest BCUT2D eigenvalue weighted by Gasteiger charge is 2.74. The Labute approximate surface area is 600 Å². The number of hydrogen-bond donors (Lipinski definition) is 4. The van der Waals surface area contributed by atoms with Crippen LogP contribution in [0.5, 0.6) is 5.75 Å². The maximum atomic E-state index is 15.3. The second-order valence-electron chi connectivity index (χ2n) is 26.0. The number of aryl methyl sites for hydroxylation is 1. The number of carbonyl (C=O) groups is 10. The molecule has 4 bridgehead atoms. The summed E-state index contributed by atoms with van der Waals surface area (Å²) in [7, 11) is 14.7. The molecular formula is C70H102ClN11O20. The number of benzene rings is 2. The van der Waals surface area contributed by atoms with Gasteiger partial charge in [-0.3, -0.25) is 44.3 Å². The van der Waals surface area contributed by atoms with Gasteiger partial charge in [-0.1, -0.05) is 60.5 Å². The average Bonchev–Trinajstić information content (AvgIpc) is 1.54. The third kappa shape index (κ3) is 20.8. The lowest BCUT2D eigenvalue weighted by Gasteiger charge is -2.42. The number of halogens is 1. The van der Waals surface area contributed by atoms with E-state index in [1.54, 1.807) is 37.3 Å². The highest BCUT2D eigenvalue weighted by Crippen LogP contribution is 2.55. The van der Waals surface area contributed by atoms with Crippen molar-refractivity contribution in [3.63, 3.8) is 0 Å². The van der Waals surface area contributed by atoms with Gasteiger partial charge in [0.15, 0.2) is 11.3 Å². The number of fused-ring (bicyclic) bond motifs is 6. The van der Waals surface area contributed by atoms with Gasteiger partial charge in [0.05, 0.1) is 58.8 Å². The fraction of sp³-hybridized carbons (Fsp3) is 0.600. The van der Waals surface area contributed by atoms with E-state index < -0.39 is 145 Å². The van der Waals surface area contributed by atoms with Crippen LogP contribution in [0, 0.1) is 5.92 Å². The molecule has 0 spiro atoms. The van der Waals surface area contributed by atoms with Gasteiger partial charge in [0.25, 0.3) is 5.79 Å². The third-order valence-electron chi connectivity index (χ3n) is 19.0. The number of esters is 2. The molecule has 4 heterocycles. The van der Waals surface area contributed by atoms with Crippen molar-refractivity contribution in [2.45, 2.75) is 134 Å². The molecule has 0 saturated carbocycles. The summed E-state index contributed by atoms with van der Waals surface area (Å²) in [6, 6.07) is 10.3. The minimum Gasteiger partial charge on any atom is -0.495 e. The Morgan fingerprint density at radius 3 is 2.01 bits per heavy atom. The van der Waals surface area contributed by atoms with Crippen molar-refractivity contribution >= 4 is 87.6 Å². The van der Waals surface area contributed by atoms with Crippen molar-refractivity contribution < 1.29 is 95.7 Å². The van der Waals surface area contributed by atoms with Crippen LogP contribution in [0.25, 0.3) is 10.9 Å². The highest BCUT2D eigenvalue weighted by molar-refractivity contribution is 6.35. The zero-order valence-corrected chi connectivity index (χ0v) is 62.2. The molecule has 2 saturated heterocycles. The van der Waals surface area contributed by atoms with Crippen molar-refractivity contribution in [3.05, 3.63) is 82.5 Å². The molecule has 3 aliphatic rings. The quantitative estimate of drug-likeness (QED) is 0.0302. The normalized spacial score (nSPS) is 22.7. The largest absolute Gasteiger partial charge is 0.495 e. The van der Waals surface area contributed by atoms with Crippen LogP contribution in [0.2, 0.25) is 5.02 Å². The molecule has 1 aromatic heterocycles. The predicted octanol–water partition coefficient (Wildman–Crippen LogP) is 2.79. The van der Waals surface area contributed by atoms with Gasteiger partial charge >= 0.3 is 18.0 Å². The summed E-state index contributed by atoms with van der Waals surface area (Å²) >= 11 is 6.97. The Morgan fingerprint density at radius 2 is 1.41 bits per heavy atom. The molecule has 6 rings (SSSR count).